The van der Waals surface area contributed by atoms with Crippen LogP contribution in [-0.2, 0) is 0 Å². The van der Waals surface area contributed by atoms with Crippen molar-refractivity contribution in [1.29, 1.82) is 0 Å². The van der Waals surface area contributed by atoms with Gasteiger partial charge in [-0.1, -0.05) is 26.0 Å². The second-order valence-corrected chi connectivity index (χ2v) is 6.18. The zero-order valence-electron chi connectivity index (χ0n) is 15.0. The van der Waals surface area contributed by atoms with E-state index in [1.54, 1.807) is 7.11 Å². The van der Waals surface area contributed by atoms with Gasteiger partial charge >= 0.3 is 0 Å². The predicted molar refractivity (Wildman–Crippen MR) is 91.3 cm³/mol. The molecule has 0 amide bonds. The molecule has 0 aromatic heterocycles. The summed E-state index contributed by atoms with van der Waals surface area (Å²) in [7, 11) is 3.80. The highest BCUT2D eigenvalue weighted by Crippen LogP contribution is 2.38. The van der Waals surface area contributed by atoms with E-state index in [2.05, 4.69) is 63.9 Å². The highest BCUT2D eigenvalue weighted by molar-refractivity contribution is 5.47. The molecule has 0 aliphatic heterocycles. The number of nitrogens with zero attached hydrogens (tertiary/aromatic N) is 1. The van der Waals surface area contributed by atoms with E-state index in [0.29, 0.717) is 0 Å². The van der Waals surface area contributed by atoms with Gasteiger partial charge in [0.05, 0.1) is 13.2 Å². The van der Waals surface area contributed by atoms with Gasteiger partial charge in [0.1, 0.15) is 5.75 Å². The normalized spacial score (nSPS) is 13.6. The summed E-state index contributed by atoms with van der Waals surface area (Å²) in [6.45, 7) is 15.4. The maximum Gasteiger partial charge on any atom is 0.126 e. The smallest absolute Gasteiger partial charge is 0.126 e. The summed E-state index contributed by atoms with van der Waals surface area (Å²) in [4.78, 5) is 2.49. The minimum atomic E-state index is 0.00717. The lowest BCUT2D eigenvalue weighted by Crippen LogP contribution is -2.52. The third kappa shape index (κ3) is 3.41. The predicted octanol–water partition coefficient (Wildman–Crippen LogP) is 3.69. The number of benzene rings is 1. The molecule has 0 spiro atoms. The van der Waals surface area contributed by atoms with Crippen molar-refractivity contribution in [1.82, 2.24) is 10.2 Å². The second kappa shape index (κ2) is 7.28. The Hall–Kier alpha value is -1.06. The molecule has 0 radical (unpaired) electrons. The summed E-state index contributed by atoms with van der Waals surface area (Å²) in [5, 5.41) is 3.51. The fourth-order valence-electron chi connectivity index (χ4n) is 3.42. The van der Waals surface area contributed by atoms with E-state index in [4.69, 9.17) is 4.74 Å². The number of hydrogen-bond acceptors (Lipinski definition) is 3. The van der Waals surface area contributed by atoms with Crippen molar-refractivity contribution in [3.8, 4) is 5.75 Å². The van der Waals surface area contributed by atoms with E-state index < -0.39 is 0 Å². The van der Waals surface area contributed by atoms with E-state index >= 15 is 0 Å². The molecule has 21 heavy (non-hydrogen) atoms. The molecule has 1 N–H and O–H groups in total. The Labute approximate surface area is 130 Å². The number of hydrogen-bond donors (Lipinski definition) is 1. The van der Waals surface area contributed by atoms with Gasteiger partial charge in [-0.3, -0.25) is 4.90 Å². The van der Waals surface area contributed by atoms with Crippen molar-refractivity contribution in [3.05, 3.63) is 28.8 Å². The Bertz CT molecular complexity index is 465. The second-order valence-electron chi connectivity index (χ2n) is 6.18. The lowest BCUT2D eigenvalue weighted by atomic mass is 9.85. The molecule has 1 rings (SSSR count). The average molecular weight is 292 g/mol. The first-order valence-corrected chi connectivity index (χ1v) is 7.91. The highest BCUT2D eigenvalue weighted by atomic mass is 16.5. The number of nitrogens with one attached hydrogen (secondary N) is 1. The van der Waals surface area contributed by atoms with Gasteiger partial charge in [0.15, 0.2) is 0 Å². The fraction of sp³-hybridized carbons (Fsp3) is 0.667. The summed E-state index contributed by atoms with van der Waals surface area (Å²) < 4.78 is 5.72. The third-order valence-corrected chi connectivity index (χ3v) is 4.80. The first kappa shape index (κ1) is 18.0. The number of rotatable bonds is 7. The quantitative estimate of drug-likeness (QED) is 0.829. The Morgan fingerprint density at radius 1 is 1.19 bits per heavy atom. The van der Waals surface area contributed by atoms with Gasteiger partial charge in [0, 0.05) is 11.1 Å². The summed E-state index contributed by atoms with van der Waals surface area (Å²) in [5.74, 6) is 1.01. The van der Waals surface area contributed by atoms with Crippen LogP contribution in [-0.4, -0.2) is 37.7 Å². The molecular weight excluding hydrogens is 260 g/mol. The lowest BCUT2D eigenvalue weighted by Gasteiger charge is -2.44. The Morgan fingerprint density at radius 3 is 2.19 bits per heavy atom. The van der Waals surface area contributed by atoms with Crippen molar-refractivity contribution in [2.24, 2.45) is 0 Å². The molecule has 0 bridgehead atoms. The van der Waals surface area contributed by atoms with Crippen LogP contribution in [0.3, 0.4) is 0 Å². The van der Waals surface area contributed by atoms with E-state index in [9.17, 15) is 0 Å². The van der Waals surface area contributed by atoms with Crippen LogP contribution in [0.4, 0.5) is 0 Å². The van der Waals surface area contributed by atoms with E-state index in [0.717, 1.165) is 18.8 Å². The molecule has 120 valence electrons. The van der Waals surface area contributed by atoms with Crippen molar-refractivity contribution in [2.45, 2.75) is 53.1 Å². The zero-order valence-corrected chi connectivity index (χ0v) is 15.0. The van der Waals surface area contributed by atoms with Crippen LogP contribution in [0.15, 0.2) is 12.1 Å². The molecule has 1 aromatic rings. The monoisotopic (exact) mass is 292 g/mol. The molecule has 0 aliphatic carbocycles. The standard InChI is InChI=1S/C18H32N2O/c1-9-20(10-2)18(5,6)17(19-7)15-12-11-13(3)14(4)16(15)21-8/h11-12,17,19H,9-10H2,1-8H3. The van der Waals surface area contributed by atoms with Crippen LogP contribution < -0.4 is 10.1 Å². The average Bonchev–Trinajstić information content (AvgIpc) is 2.44. The maximum atomic E-state index is 5.72. The summed E-state index contributed by atoms with van der Waals surface area (Å²) >= 11 is 0. The maximum absolute atomic E-state index is 5.72. The molecule has 1 atom stereocenters. The molecule has 3 heteroatoms. The van der Waals surface area contributed by atoms with Crippen molar-refractivity contribution in [3.63, 3.8) is 0 Å². The molecule has 0 heterocycles. The first-order chi connectivity index (χ1) is 9.84. The number of aryl methyl sites for hydroxylation is 1. The van der Waals surface area contributed by atoms with Crippen LogP contribution in [0.5, 0.6) is 5.75 Å². The largest absolute Gasteiger partial charge is 0.496 e. The molecule has 1 aromatic carbocycles. The first-order valence-electron chi connectivity index (χ1n) is 7.91. The van der Waals surface area contributed by atoms with E-state index in [1.165, 1.54) is 16.7 Å². The van der Waals surface area contributed by atoms with Crippen LogP contribution >= 0.6 is 0 Å². The molecule has 0 aliphatic rings. The fourth-order valence-corrected chi connectivity index (χ4v) is 3.42. The Kier molecular flexibility index (Phi) is 6.24. The minimum absolute atomic E-state index is 0.00717. The van der Waals surface area contributed by atoms with Crippen LogP contribution in [0.2, 0.25) is 0 Å². The van der Waals surface area contributed by atoms with Crippen molar-refractivity contribution in [2.75, 3.05) is 27.2 Å². The van der Waals surface area contributed by atoms with Gasteiger partial charge in [-0.15, -0.1) is 0 Å². The SMILES string of the molecule is CCN(CC)C(C)(C)C(NC)c1ccc(C)c(C)c1OC. The zero-order chi connectivity index (χ0) is 16.2. The molecule has 1 unspecified atom stereocenters. The topological polar surface area (TPSA) is 24.5 Å². The summed E-state index contributed by atoms with van der Waals surface area (Å²) in [6, 6.07) is 4.61. The van der Waals surface area contributed by atoms with Crippen molar-refractivity contribution >= 4 is 0 Å². The van der Waals surface area contributed by atoms with E-state index in [1.807, 2.05) is 7.05 Å². The Morgan fingerprint density at radius 2 is 1.76 bits per heavy atom. The number of methoxy groups -OCH3 is 1. The third-order valence-electron chi connectivity index (χ3n) is 4.80. The summed E-state index contributed by atoms with van der Waals surface area (Å²) in [6.07, 6.45) is 0. The van der Waals surface area contributed by atoms with Gasteiger partial charge in [0.2, 0.25) is 0 Å². The minimum Gasteiger partial charge on any atom is -0.496 e. The highest BCUT2D eigenvalue weighted by Gasteiger charge is 2.36. The molecule has 0 saturated heterocycles. The van der Waals surface area contributed by atoms with Crippen LogP contribution in [0.1, 0.15) is 50.4 Å². The van der Waals surface area contributed by atoms with Gasteiger partial charge in [-0.25, -0.2) is 0 Å². The van der Waals surface area contributed by atoms with Gasteiger partial charge in [-0.05, 0) is 59.0 Å². The number of ether oxygens (including phenoxy) is 1. The van der Waals surface area contributed by atoms with Gasteiger partial charge in [0.25, 0.3) is 0 Å². The molecule has 3 nitrogen and oxygen atoms in total. The summed E-state index contributed by atoms with van der Waals surface area (Å²) in [5.41, 5.74) is 3.74. The molecule has 0 saturated carbocycles. The lowest BCUT2D eigenvalue weighted by molar-refractivity contribution is 0.0933. The van der Waals surface area contributed by atoms with Crippen LogP contribution in [0.25, 0.3) is 0 Å². The van der Waals surface area contributed by atoms with Gasteiger partial charge < -0.3 is 10.1 Å². The Balaban J connectivity index is 3.37. The molecular formula is C18H32N2O. The van der Waals surface area contributed by atoms with Crippen molar-refractivity contribution < 1.29 is 4.74 Å². The number of likely N-dealkylation sites (N-methyl/N-ethyl adjacent to an activating group) is 2. The van der Waals surface area contributed by atoms with Crippen LogP contribution in [0, 0.1) is 13.8 Å². The van der Waals surface area contributed by atoms with E-state index in [-0.39, 0.29) is 11.6 Å². The molecule has 0 fully saturated rings. The van der Waals surface area contributed by atoms with Gasteiger partial charge in [-0.2, -0.15) is 0 Å².